The molecular formula is C20H14FN5O3. The molecule has 144 valence electrons. The van der Waals surface area contributed by atoms with Gasteiger partial charge in [0.25, 0.3) is 11.7 Å². The van der Waals surface area contributed by atoms with Crippen molar-refractivity contribution in [3.63, 3.8) is 0 Å². The van der Waals surface area contributed by atoms with E-state index >= 15 is 0 Å². The van der Waals surface area contributed by atoms with Crippen LogP contribution in [0.5, 0.6) is 0 Å². The summed E-state index contributed by atoms with van der Waals surface area (Å²) in [5.74, 6) is -0.669. The number of hydrogen-bond acceptors (Lipinski definition) is 7. The van der Waals surface area contributed by atoms with Gasteiger partial charge in [0, 0.05) is 10.9 Å². The molecule has 0 bridgehead atoms. The van der Waals surface area contributed by atoms with Crippen LogP contribution in [-0.4, -0.2) is 32.4 Å². The van der Waals surface area contributed by atoms with E-state index in [4.69, 9.17) is 14.4 Å². The van der Waals surface area contributed by atoms with Crippen LogP contribution in [0, 0.1) is 17.1 Å². The van der Waals surface area contributed by atoms with Gasteiger partial charge in [-0.1, -0.05) is 36.4 Å². The molecule has 2 aromatic heterocycles. The molecule has 0 N–H and O–H groups in total. The van der Waals surface area contributed by atoms with E-state index in [1.165, 1.54) is 12.1 Å². The SMILES string of the molecule is N#CC(=O)COCc1nnc(-c2nn(Cc3ccccc3F)c3ccccc23)o1. The Morgan fingerprint density at radius 2 is 1.97 bits per heavy atom. The van der Waals surface area contributed by atoms with Gasteiger partial charge in [-0.2, -0.15) is 10.4 Å². The molecule has 29 heavy (non-hydrogen) atoms. The Balaban J connectivity index is 1.63. The lowest BCUT2D eigenvalue weighted by atomic mass is 10.2. The number of Topliss-reactive ketones (excluding diaryl/α,β-unsaturated/α-hetero) is 1. The summed E-state index contributed by atoms with van der Waals surface area (Å²) in [6.45, 7) is -0.212. The molecule has 0 radical (unpaired) electrons. The molecule has 4 aromatic rings. The van der Waals surface area contributed by atoms with Crippen LogP contribution in [-0.2, 0) is 22.7 Å². The van der Waals surface area contributed by atoms with Crippen molar-refractivity contribution < 1.29 is 18.3 Å². The molecule has 0 unspecified atom stereocenters. The van der Waals surface area contributed by atoms with Crippen molar-refractivity contribution in [1.82, 2.24) is 20.0 Å². The predicted octanol–water partition coefficient (Wildman–Crippen LogP) is 2.88. The number of ketones is 1. The highest BCUT2D eigenvalue weighted by Crippen LogP contribution is 2.28. The molecule has 9 heteroatoms. The maximum atomic E-state index is 14.1. The summed E-state index contributed by atoms with van der Waals surface area (Å²) in [5, 5.41) is 21.6. The minimum Gasteiger partial charge on any atom is -0.417 e. The highest BCUT2D eigenvalue weighted by atomic mass is 19.1. The maximum absolute atomic E-state index is 14.1. The predicted molar refractivity (Wildman–Crippen MR) is 98.8 cm³/mol. The number of fused-ring (bicyclic) bond motifs is 1. The molecule has 0 fully saturated rings. The van der Waals surface area contributed by atoms with E-state index in [9.17, 15) is 9.18 Å². The fourth-order valence-corrected chi connectivity index (χ4v) is 2.86. The molecule has 0 amide bonds. The summed E-state index contributed by atoms with van der Waals surface area (Å²) in [6.07, 6.45) is 0. The normalized spacial score (nSPS) is 10.9. The molecule has 2 aromatic carbocycles. The topological polar surface area (TPSA) is 107 Å². The fourth-order valence-electron chi connectivity index (χ4n) is 2.86. The Labute approximate surface area is 164 Å². The van der Waals surface area contributed by atoms with Gasteiger partial charge in [0.1, 0.15) is 25.1 Å². The number of benzene rings is 2. The van der Waals surface area contributed by atoms with Gasteiger partial charge < -0.3 is 9.15 Å². The lowest BCUT2D eigenvalue weighted by Crippen LogP contribution is -2.05. The first-order valence-electron chi connectivity index (χ1n) is 8.68. The number of halogens is 1. The van der Waals surface area contributed by atoms with Gasteiger partial charge in [-0.25, -0.2) is 4.39 Å². The summed E-state index contributed by atoms with van der Waals surface area (Å²) < 4.78 is 26.4. The second kappa shape index (κ2) is 8.00. The number of ether oxygens (including phenoxy) is 1. The summed E-state index contributed by atoms with van der Waals surface area (Å²) in [4.78, 5) is 11.0. The van der Waals surface area contributed by atoms with Crippen molar-refractivity contribution in [2.75, 3.05) is 6.61 Å². The number of nitrogens with zero attached hydrogens (tertiary/aromatic N) is 5. The van der Waals surface area contributed by atoms with Crippen molar-refractivity contribution in [3.8, 4) is 17.7 Å². The zero-order valence-electron chi connectivity index (χ0n) is 15.1. The van der Waals surface area contributed by atoms with Crippen LogP contribution >= 0.6 is 0 Å². The third-order valence-electron chi connectivity index (χ3n) is 4.19. The Morgan fingerprint density at radius 3 is 2.79 bits per heavy atom. The number of nitriles is 1. The summed E-state index contributed by atoms with van der Waals surface area (Å²) in [6, 6.07) is 15.4. The van der Waals surface area contributed by atoms with Crippen molar-refractivity contribution in [2.45, 2.75) is 13.2 Å². The van der Waals surface area contributed by atoms with E-state index in [-0.39, 0.29) is 37.4 Å². The molecular weight excluding hydrogens is 377 g/mol. The largest absolute Gasteiger partial charge is 0.417 e. The molecule has 0 aliphatic carbocycles. The van der Waals surface area contributed by atoms with Crippen LogP contribution in [0.25, 0.3) is 22.5 Å². The number of rotatable bonds is 7. The van der Waals surface area contributed by atoms with Crippen LogP contribution in [0.4, 0.5) is 4.39 Å². The van der Waals surface area contributed by atoms with Gasteiger partial charge in [-0.3, -0.25) is 9.48 Å². The Bertz CT molecular complexity index is 1220. The van der Waals surface area contributed by atoms with Crippen LogP contribution < -0.4 is 0 Å². The van der Waals surface area contributed by atoms with Gasteiger partial charge >= 0.3 is 0 Å². The fraction of sp³-hybridized carbons (Fsp3) is 0.150. The first kappa shape index (κ1) is 18.5. The lowest BCUT2D eigenvalue weighted by molar-refractivity contribution is -0.118. The van der Waals surface area contributed by atoms with E-state index in [1.54, 1.807) is 22.9 Å². The minimum atomic E-state index is -0.692. The highest BCUT2D eigenvalue weighted by Gasteiger charge is 2.18. The minimum absolute atomic E-state index is 0.103. The van der Waals surface area contributed by atoms with E-state index in [0.717, 1.165) is 10.9 Å². The molecule has 0 saturated heterocycles. The van der Waals surface area contributed by atoms with Crippen molar-refractivity contribution >= 4 is 16.7 Å². The molecule has 0 atom stereocenters. The average Bonchev–Trinajstić information content (AvgIpc) is 3.34. The van der Waals surface area contributed by atoms with Crippen LogP contribution in [0.1, 0.15) is 11.5 Å². The van der Waals surface area contributed by atoms with Crippen LogP contribution in [0.15, 0.2) is 52.9 Å². The summed E-state index contributed by atoms with van der Waals surface area (Å²) in [7, 11) is 0. The maximum Gasteiger partial charge on any atom is 0.268 e. The average molecular weight is 391 g/mol. The number of aromatic nitrogens is 4. The summed E-state index contributed by atoms with van der Waals surface area (Å²) in [5.41, 5.74) is 1.76. The molecule has 4 rings (SSSR count). The van der Waals surface area contributed by atoms with Crippen molar-refractivity contribution in [1.29, 1.82) is 5.26 Å². The van der Waals surface area contributed by atoms with E-state index in [0.29, 0.717) is 11.3 Å². The molecule has 0 aliphatic rings. The molecule has 0 aliphatic heterocycles. The quantitative estimate of drug-likeness (QED) is 0.446. The van der Waals surface area contributed by atoms with Gasteiger partial charge in [0.2, 0.25) is 5.89 Å². The zero-order valence-corrected chi connectivity index (χ0v) is 15.1. The van der Waals surface area contributed by atoms with Crippen molar-refractivity contribution in [2.24, 2.45) is 0 Å². The van der Waals surface area contributed by atoms with E-state index in [2.05, 4.69) is 15.3 Å². The zero-order chi connectivity index (χ0) is 20.2. The van der Waals surface area contributed by atoms with Gasteiger partial charge in [-0.05, 0) is 12.1 Å². The van der Waals surface area contributed by atoms with Crippen LogP contribution in [0.3, 0.4) is 0 Å². The summed E-state index contributed by atoms with van der Waals surface area (Å²) >= 11 is 0. The Kier molecular flexibility index (Phi) is 5.09. The molecule has 8 nitrogen and oxygen atoms in total. The van der Waals surface area contributed by atoms with Crippen molar-refractivity contribution in [3.05, 3.63) is 65.8 Å². The van der Waals surface area contributed by atoms with Gasteiger partial charge in [-0.15, -0.1) is 10.2 Å². The first-order chi connectivity index (χ1) is 14.2. The molecule has 0 spiro atoms. The number of hydrogen-bond donors (Lipinski definition) is 0. The van der Waals surface area contributed by atoms with E-state index < -0.39 is 5.78 Å². The molecule has 2 heterocycles. The lowest BCUT2D eigenvalue weighted by Gasteiger charge is -2.04. The standard InChI is InChI=1S/C20H14FN5O3/c21-16-7-3-1-5-13(16)10-26-17-8-4-2-6-15(17)19(25-26)20-24-23-18(29-20)12-28-11-14(27)9-22/h1-8H,10-12H2. The Hall–Kier alpha value is -3.90. The molecule has 0 saturated carbocycles. The number of para-hydroxylation sites is 1. The second-order valence-corrected chi connectivity index (χ2v) is 6.14. The van der Waals surface area contributed by atoms with Gasteiger partial charge in [0.15, 0.2) is 5.69 Å². The van der Waals surface area contributed by atoms with E-state index in [1.807, 2.05) is 24.3 Å². The Morgan fingerprint density at radius 1 is 1.17 bits per heavy atom. The first-order valence-corrected chi connectivity index (χ1v) is 8.68. The second-order valence-electron chi connectivity index (χ2n) is 6.14. The third-order valence-corrected chi connectivity index (χ3v) is 4.19. The number of carbonyl (C=O) groups excluding carboxylic acids is 1. The number of carbonyl (C=O) groups is 1. The highest BCUT2D eigenvalue weighted by molar-refractivity contribution is 5.94. The van der Waals surface area contributed by atoms with Crippen LogP contribution in [0.2, 0.25) is 0 Å². The monoisotopic (exact) mass is 391 g/mol. The smallest absolute Gasteiger partial charge is 0.268 e. The van der Waals surface area contributed by atoms with Gasteiger partial charge in [0.05, 0.1) is 12.1 Å². The third kappa shape index (κ3) is 3.88.